The van der Waals surface area contributed by atoms with Crippen molar-refractivity contribution in [2.45, 2.75) is 25.9 Å². The number of aliphatic hydroxyl groups is 1. The molecule has 0 aliphatic carbocycles. The molecule has 2 aromatic carbocycles. The number of ether oxygens (including phenoxy) is 1. The van der Waals surface area contributed by atoms with Crippen LogP contribution in [-0.4, -0.2) is 62.3 Å². The first-order valence-electron chi connectivity index (χ1n) is 10.8. The van der Waals surface area contributed by atoms with Gasteiger partial charge in [0, 0.05) is 57.6 Å². The summed E-state index contributed by atoms with van der Waals surface area (Å²) < 4.78 is 5.24. The largest absolute Gasteiger partial charge is 0.497 e. The normalized spacial score (nSPS) is 17.7. The molecular weight excluding hydrogens is 378 g/mol. The number of carbonyl (C=O) groups excluding carboxylic acids is 1. The van der Waals surface area contributed by atoms with Gasteiger partial charge in [0.1, 0.15) is 5.75 Å². The number of anilines is 2. The van der Waals surface area contributed by atoms with Gasteiger partial charge in [-0.3, -0.25) is 9.69 Å². The Morgan fingerprint density at radius 2 is 1.80 bits per heavy atom. The highest BCUT2D eigenvalue weighted by Crippen LogP contribution is 2.31. The number of nitrogens with zero attached hydrogens (tertiary/aromatic N) is 3. The minimum absolute atomic E-state index is 0.0795. The van der Waals surface area contributed by atoms with Crippen LogP contribution in [0, 0.1) is 0 Å². The zero-order valence-corrected chi connectivity index (χ0v) is 17.9. The second-order valence-electron chi connectivity index (χ2n) is 8.14. The molecule has 1 atom stereocenters. The van der Waals surface area contributed by atoms with Gasteiger partial charge in [-0.05, 0) is 54.3 Å². The molecule has 0 radical (unpaired) electrons. The van der Waals surface area contributed by atoms with E-state index in [0.717, 1.165) is 74.7 Å². The Labute approximate surface area is 178 Å². The van der Waals surface area contributed by atoms with Crippen LogP contribution >= 0.6 is 0 Å². The van der Waals surface area contributed by atoms with Crippen LogP contribution in [0.2, 0.25) is 0 Å². The zero-order valence-electron chi connectivity index (χ0n) is 17.9. The van der Waals surface area contributed by atoms with E-state index in [1.54, 1.807) is 14.0 Å². The summed E-state index contributed by atoms with van der Waals surface area (Å²) in [6.45, 7) is 7.19. The van der Waals surface area contributed by atoms with Crippen LogP contribution in [0.5, 0.6) is 5.75 Å². The average Bonchev–Trinajstić information content (AvgIpc) is 3.21. The summed E-state index contributed by atoms with van der Waals surface area (Å²) in [5.74, 6) is 0.961. The molecule has 0 spiro atoms. The van der Waals surface area contributed by atoms with Crippen molar-refractivity contribution in [3.63, 3.8) is 0 Å². The van der Waals surface area contributed by atoms with E-state index in [1.807, 2.05) is 29.2 Å². The fourth-order valence-electron chi connectivity index (χ4n) is 4.45. The SMILES string of the molecule is COc1ccc(N2CCN(CCC(O)c3ccc4c(c3)CCN4C(C)=O)CC2)cc1. The number of rotatable bonds is 6. The number of amides is 1. The highest BCUT2D eigenvalue weighted by atomic mass is 16.5. The van der Waals surface area contributed by atoms with Crippen LogP contribution in [0.3, 0.4) is 0 Å². The average molecular weight is 410 g/mol. The van der Waals surface area contributed by atoms with Crippen molar-refractivity contribution in [2.24, 2.45) is 0 Å². The molecule has 30 heavy (non-hydrogen) atoms. The number of benzene rings is 2. The van der Waals surface area contributed by atoms with E-state index >= 15 is 0 Å². The van der Waals surface area contributed by atoms with Gasteiger partial charge in [-0.2, -0.15) is 0 Å². The summed E-state index contributed by atoms with van der Waals surface area (Å²) in [6, 6.07) is 14.3. The molecule has 2 aliphatic rings. The number of piperazine rings is 1. The molecule has 6 nitrogen and oxygen atoms in total. The maximum absolute atomic E-state index is 11.7. The molecule has 0 bridgehead atoms. The van der Waals surface area contributed by atoms with Crippen LogP contribution in [-0.2, 0) is 11.2 Å². The van der Waals surface area contributed by atoms with Crippen molar-refractivity contribution in [1.29, 1.82) is 0 Å². The van der Waals surface area contributed by atoms with Crippen molar-refractivity contribution in [3.05, 3.63) is 53.6 Å². The molecule has 0 saturated carbocycles. The second-order valence-corrected chi connectivity index (χ2v) is 8.14. The Balaban J connectivity index is 1.27. The number of aliphatic hydroxyl groups excluding tert-OH is 1. The third kappa shape index (κ3) is 4.45. The lowest BCUT2D eigenvalue weighted by Gasteiger charge is -2.36. The number of fused-ring (bicyclic) bond motifs is 1. The highest BCUT2D eigenvalue weighted by Gasteiger charge is 2.24. The Morgan fingerprint density at radius 3 is 2.47 bits per heavy atom. The Hall–Kier alpha value is -2.57. The summed E-state index contributed by atoms with van der Waals surface area (Å²) >= 11 is 0. The van der Waals surface area contributed by atoms with E-state index < -0.39 is 6.10 Å². The summed E-state index contributed by atoms with van der Waals surface area (Å²) in [6.07, 6.45) is 1.11. The molecule has 2 aromatic rings. The zero-order chi connectivity index (χ0) is 21.1. The second kappa shape index (κ2) is 9.06. The third-order valence-corrected chi connectivity index (χ3v) is 6.29. The molecule has 2 aliphatic heterocycles. The standard InChI is InChI=1S/C24H31N3O3/c1-18(28)27-12-9-19-17-20(3-8-23(19)27)24(29)10-11-25-13-15-26(16-14-25)21-4-6-22(30-2)7-5-21/h3-8,17,24,29H,9-16H2,1-2H3. The molecule has 1 N–H and O–H groups in total. The van der Waals surface area contributed by atoms with E-state index in [2.05, 4.69) is 28.0 Å². The predicted molar refractivity (Wildman–Crippen MR) is 119 cm³/mol. The third-order valence-electron chi connectivity index (χ3n) is 6.29. The molecule has 1 fully saturated rings. The van der Waals surface area contributed by atoms with Gasteiger partial charge in [0.05, 0.1) is 13.2 Å². The van der Waals surface area contributed by atoms with Crippen LogP contribution < -0.4 is 14.5 Å². The van der Waals surface area contributed by atoms with Crippen molar-refractivity contribution in [1.82, 2.24) is 4.90 Å². The van der Waals surface area contributed by atoms with Crippen molar-refractivity contribution in [2.75, 3.05) is 56.2 Å². The number of methoxy groups -OCH3 is 1. The van der Waals surface area contributed by atoms with Crippen molar-refractivity contribution < 1.29 is 14.6 Å². The molecular formula is C24H31N3O3. The number of carbonyl (C=O) groups is 1. The molecule has 6 heteroatoms. The van der Waals surface area contributed by atoms with Gasteiger partial charge in [0.2, 0.25) is 5.91 Å². The Kier molecular flexibility index (Phi) is 6.25. The molecule has 4 rings (SSSR count). The van der Waals surface area contributed by atoms with E-state index in [9.17, 15) is 9.90 Å². The molecule has 1 amide bonds. The fourth-order valence-corrected chi connectivity index (χ4v) is 4.45. The summed E-state index contributed by atoms with van der Waals surface area (Å²) in [4.78, 5) is 18.3. The van der Waals surface area contributed by atoms with E-state index in [4.69, 9.17) is 4.74 Å². The van der Waals surface area contributed by atoms with E-state index in [0.29, 0.717) is 0 Å². The predicted octanol–water partition coefficient (Wildman–Crippen LogP) is 2.85. The first kappa shape index (κ1) is 20.7. The lowest BCUT2D eigenvalue weighted by Crippen LogP contribution is -2.46. The highest BCUT2D eigenvalue weighted by molar-refractivity contribution is 5.93. The Morgan fingerprint density at radius 1 is 1.07 bits per heavy atom. The van der Waals surface area contributed by atoms with Crippen LogP contribution in [0.25, 0.3) is 0 Å². The van der Waals surface area contributed by atoms with Crippen molar-refractivity contribution >= 4 is 17.3 Å². The molecule has 160 valence electrons. The monoisotopic (exact) mass is 409 g/mol. The van der Waals surface area contributed by atoms with Crippen LogP contribution in [0.15, 0.2) is 42.5 Å². The van der Waals surface area contributed by atoms with Gasteiger partial charge in [-0.1, -0.05) is 12.1 Å². The maximum atomic E-state index is 11.7. The van der Waals surface area contributed by atoms with Gasteiger partial charge >= 0.3 is 0 Å². The lowest BCUT2D eigenvalue weighted by atomic mass is 10.0. The summed E-state index contributed by atoms with van der Waals surface area (Å²) in [7, 11) is 1.69. The number of hydrogen-bond donors (Lipinski definition) is 1. The smallest absolute Gasteiger partial charge is 0.223 e. The van der Waals surface area contributed by atoms with Crippen molar-refractivity contribution in [3.8, 4) is 5.75 Å². The van der Waals surface area contributed by atoms with Gasteiger partial charge in [0.15, 0.2) is 0 Å². The number of hydrogen-bond acceptors (Lipinski definition) is 5. The Bertz CT molecular complexity index is 876. The maximum Gasteiger partial charge on any atom is 0.223 e. The van der Waals surface area contributed by atoms with Crippen LogP contribution in [0.4, 0.5) is 11.4 Å². The van der Waals surface area contributed by atoms with E-state index in [-0.39, 0.29) is 5.91 Å². The van der Waals surface area contributed by atoms with Gasteiger partial charge in [-0.15, -0.1) is 0 Å². The fraction of sp³-hybridized carbons (Fsp3) is 0.458. The van der Waals surface area contributed by atoms with E-state index in [1.165, 1.54) is 5.69 Å². The van der Waals surface area contributed by atoms with Gasteiger partial charge in [0.25, 0.3) is 0 Å². The van der Waals surface area contributed by atoms with Gasteiger partial charge < -0.3 is 19.6 Å². The minimum Gasteiger partial charge on any atom is -0.497 e. The van der Waals surface area contributed by atoms with Gasteiger partial charge in [-0.25, -0.2) is 0 Å². The first-order chi connectivity index (χ1) is 14.5. The van der Waals surface area contributed by atoms with Crippen LogP contribution in [0.1, 0.15) is 30.6 Å². The summed E-state index contributed by atoms with van der Waals surface area (Å²) in [5, 5.41) is 10.7. The quantitative estimate of drug-likeness (QED) is 0.795. The minimum atomic E-state index is -0.471. The summed E-state index contributed by atoms with van der Waals surface area (Å²) in [5.41, 5.74) is 4.34. The first-order valence-corrected chi connectivity index (χ1v) is 10.8. The molecule has 1 saturated heterocycles. The molecule has 1 unspecified atom stereocenters. The molecule has 0 aromatic heterocycles. The molecule has 2 heterocycles. The lowest BCUT2D eigenvalue weighted by molar-refractivity contribution is -0.116. The topological polar surface area (TPSA) is 56.2 Å².